The summed E-state index contributed by atoms with van der Waals surface area (Å²) in [6.45, 7) is 6.77. The Labute approximate surface area is 135 Å². The number of carbonyl (C=O) groups excluding carboxylic acids is 1. The molecule has 2 aromatic rings. The SMILES string of the molecule is Cc1cc(C)c(-n2cccn2)c(CN2CCOC(C(N)=O)C2)c1. The number of ether oxygens (including phenoxy) is 1. The van der Waals surface area contributed by atoms with Crippen molar-refractivity contribution in [2.45, 2.75) is 26.5 Å². The molecule has 1 fully saturated rings. The fraction of sp³-hybridized carbons (Fsp3) is 0.412. The smallest absolute Gasteiger partial charge is 0.247 e. The lowest BCUT2D eigenvalue weighted by atomic mass is 10.0. The van der Waals surface area contributed by atoms with Crippen LogP contribution in [0.5, 0.6) is 0 Å². The third kappa shape index (κ3) is 3.43. The van der Waals surface area contributed by atoms with Crippen LogP contribution in [0.4, 0.5) is 0 Å². The molecule has 1 aromatic heterocycles. The van der Waals surface area contributed by atoms with Gasteiger partial charge in [0.1, 0.15) is 6.10 Å². The van der Waals surface area contributed by atoms with E-state index < -0.39 is 12.0 Å². The molecule has 0 saturated carbocycles. The highest BCUT2D eigenvalue weighted by Gasteiger charge is 2.25. The molecule has 2 heterocycles. The number of rotatable bonds is 4. The number of aryl methyl sites for hydroxylation is 2. The van der Waals surface area contributed by atoms with Crippen LogP contribution < -0.4 is 5.73 Å². The Morgan fingerprint density at radius 2 is 2.26 bits per heavy atom. The number of hydrogen-bond acceptors (Lipinski definition) is 4. The van der Waals surface area contributed by atoms with E-state index in [1.54, 1.807) is 6.20 Å². The van der Waals surface area contributed by atoms with E-state index in [1.165, 1.54) is 16.7 Å². The van der Waals surface area contributed by atoms with Gasteiger partial charge >= 0.3 is 0 Å². The molecule has 1 atom stereocenters. The molecule has 23 heavy (non-hydrogen) atoms. The highest BCUT2D eigenvalue weighted by molar-refractivity contribution is 5.79. The maximum Gasteiger partial charge on any atom is 0.247 e. The molecule has 0 spiro atoms. The average molecular weight is 314 g/mol. The molecule has 0 radical (unpaired) electrons. The van der Waals surface area contributed by atoms with E-state index in [1.807, 2.05) is 16.9 Å². The van der Waals surface area contributed by atoms with Crippen LogP contribution in [0.15, 0.2) is 30.6 Å². The van der Waals surface area contributed by atoms with Crippen LogP contribution in [0, 0.1) is 13.8 Å². The van der Waals surface area contributed by atoms with Crippen LogP contribution in [0.3, 0.4) is 0 Å². The second kappa shape index (κ2) is 6.52. The Morgan fingerprint density at radius 3 is 2.96 bits per heavy atom. The molecule has 6 nitrogen and oxygen atoms in total. The molecule has 1 aromatic carbocycles. The number of primary amides is 1. The molecule has 122 valence electrons. The minimum atomic E-state index is -0.525. The van der Waals surface area contributed by atoms with E-state index in [0.717, 1.165) is 18.8 Å². The first-order valence-electron chi connectivity index (χ1n) is 7.78. The van der Waals surface area contributed by atoms with Crippen LogP contribution in [-0.2, 0) is 16.1 Å². The summed E-state index contributed by atoms with van der Waals surface area (Å²) in [5, 5.41) is 4.37. The number of carbonyl (C=O) groups is 1. The molecular weight excluding hydrogens is 292 g/mol. The van der Waals surface area contributed by atoms with Gasteiger partial charge in [-0.2, -0.15) is 5.10 Å². The van der Waals surface area contributed by atoms with Crippen molar-refractivity contribution in [3.63, 3.8) is 0 Å². The fourth-order valence-corrected chi connectivity index (χ4v) is 3.16. The number of benzene rings is 1. The number of morpholine rings is 1. The number of nitrogens with two attached hydrogens (primary N) is 1. The van der Waals surface area contributed by atoms with Crippen LogP contribution in [0.1, 0.15) is 16.7 Å². The topological polar surface area (TPSA) is 73.4 Å². The van der Waals surface area contributed by atoms with Crippen molar-refractivity contribution in [3.05, 3.63) is 47.3 Å². The maximum absolute atomic E-state index is 11.4. The van der Waals surface area contributed by atoms with Crippen LogP contribution in [0.2, 0.25) is 0 Å². The van der Waals surface area contributed by atoms with Crippen molar-refractivity contribution in [3.8, 4) is 5.69 Å². The van der Waals surface area contributed by atoms with Gasteiger partial charge in [0, 0.05) is 32.0 Å². The summed E-state index contributed by atoms with van der Waals surface area (Å²) in [6.07, 6.45) is 3.20. The third-order valence-corrected chi connectivity index (χ3v) is 4.12. The van der Waals surface area contributed by atoms with Crippen molar-refractivity contribution in [1.29, 1.82) is 0 Å². The predicted molar refractivity (Wildman–Crippen MR) is 87.2 cm³/mol. The van der Waals surface area contributed by atoms with Crippen molar-refractivity contribution in [2.75, 3.05) is 19.7 Å². The van der Waals surface area contributed by atoms with E-state index in [9.17, 15) is 4.79 Å². The van der Waals surface area contributed by atoms with Gasteiger partial charge in [-0.1, -0.05) is 17.7 Å². The van der Waals surface area contributed by atoms with E-state index in [2.05, 4.69) is 36.0 Å². The van der Waals surface area contributed by atoms with E-state index in [0.29, 0.717) is 13.2 Å². The largest absolute Gasteiger partial charge is 0.367 e. The van der Waals surface area contributed by atoms with E-state index in [4.69, 9.17) is 10.5 Å². The lowest BCUT2D eigenvalue weighted by Gasteiger charge is -2.32. The van der Waals surface area contributed by atoms with Gasteiger partial charge in [0.25, 0.3) is 0 Å². The highest BCUT2D eigenvalue weighted by Crippen LogP contribution is 2.23. The summed E-state index contributed by atoms with van der Waals surface area (Å²) in [5.74, 6) is -0.401. The van der Waals surface area contributed by atoms with Gasteiger partial charge in [-0.15, -0.1) is 0 Å². The van der Waals surface area contributed by atoms with Crippen molar-refractivity contribution in [1.82, 2.24) is 14.7 Å². The Hall–Kier alpha value is -2.18. The van der Waals surface area contributed by atoms with E-state index in [-0.39, 0.29) is 0 Å². The minimum absolute atomic E-state index is 0.401. The van der Waals surface area contributed by atoms with Crippen molar-refractivity contribution in [2.24, 2.45) is 5.73 Å². The van der Waals surface area contributed by atoms with Crippen LogP contribution in [0.25, 0.3) is 5.69 Å². The summed E-state index contributed by atoms with van der Waals surface area (Å²) in [4.78, 5) is 13.6. The molecular formula is C17H22N4O2. The summed E-state index contributed by atoms with van der Waals surface area (Å²) in [7, 11) is 0. The van der Waals surface area contributed by atoms with Gasteiger partial charge < -0.3 is 10.5 Å². The standard InChI is InChI=1S/C17H22N4O2/c1-12-8-13(2)16(21-5-3-4-19-21)14(9-12)10-20-6-7-23-15(11-20)17(18)22/h3-5,8-9,15H,6-7,10-11H2,1-2H3,(H2,18,22). The summed E-state index contributed by atoms with van der Waals surface area (Å²) in [5.41, 5.74) is 10.1. The molecule has 2 N–H and O–H groups in total. The lowest BCUT2D eigenvalue weighted by molar-refractivity contribution is -0.135. The molecule has 0 bridgehead atoms. The molecule has 1 amide bonds. The number of hydrogen-bond donors (Lipinski definition) is 1. The quantitative estimate of drug-likeness (QED) is 0.919. The fourth-order valence-electron chi connectivity index (χ4n) is 3.16. The zero-order valence-corrected chi connectivity index (χ0v) is 13.5. The van der Waals surface area contributed by atoms with Crippen LogP contribution in [-0.4, -0.2) is 46.4 Å². The Bertz CT molecular complexity index is 697. The van der Waals surface area contributed by atoms with Gasteiger partial charge in [-0.3, -0.25) is 9.69 Å². The molecule has 6 heteroatoms. The Kier molecular flexibility index (Phi) is 4.45. The van der Waals surface area contributed by atoms with E-state index >= 15 is 0 Å². The molecule has 1 unspecified atom stereocenters. The van der Waals surface area contributed by atoms with Crippen molar-refractivity contribution < 1.29 is 9.53 Å². The zero-order chi connectivity index (χ0) is 16.4. The highest BCUT2D eigenvalue weighted by atomic mass is 16.5. The number of amides is 1. The van der Waals surface area contributed by atoms with Gasteiger partial charge in [0.15, 0.2) is 0 Å². The maximum atomic E-state index is 11.4. The van der Waals surface area contributed by atoms with Gasteiger partial charge in [-0.25, -0.2) is 4.68 Å². The first-order valence-corrected chi connectivity index (χ1v) is 7.78. The van der Waals surface area contributed by atoms with Gasteiger partial charge in [-0.05, 0) is 31.0 Å². The second-order valence-electron chi connectivity index (χ2n) is 6.04. The predicted octanol–water partition coefficient (Wildman–Crippen LogP) is 1.18. The zero-order valence-electron chi connectivity index (χ0n) is 13.5. The van der Waals surface area contributed by atoms with Crippen molar-refractivity contribution >= 4 is 5.91 Å². The monoisotopic (exact) mass is 314 g/mol. The minimum Gasteiger partial charge on any atom is -0.367 e. The average Bonchev–Trinajstić information content (AvgIpc) is 3.00. The molecule has 1 aliphatic heterocycles. The summed E-state index contributed by atoms with van der Waals surface area (Å²) < 4.78 is 7.32. The normalized spacial score (nSPS) is 19.0. The third-order valence-electron chi connectivity index (χ3n) is 4.12. The second-order valence-corrected chi connectivity index (χ2v) is 6.04. The first kappa shape index (κ1) is 15.7. The van der Waals surface area contributed by atoms with Crippen LogP contribution >= 0.6 is 0 Å². The Morgan fingerprint density at radius 1 is 1.43 bits per heavy atom. The number of nitrogens with zero attached hydrogens (tertiary/aromatic N) is 3. The number of aromatic nitrogens is 2. The molecule has 0 aliphatic carbocycles. The van der Waals surface area contributed by atoms with Gasteiger partial charge in [0.2, 0.25) is 5.91 Å². The molecule has 1 aliphatic rings. The summed E-state index contributed by atoms with van der Waals surface area (Å²) >= 11 is 0. The molecule has 3 rings (SSSR count). The van der Waals surface area contributed by atoms with Gasteiger partial charge in [0.05, 0.1) is 12.3 Å². The molecule has 1 saturated heterocycles. The summed E-state index contributed by atoms with van der Waals surface area (Å²) in [6, 6.07) is 6.26. The first-order chi connectivity index (χ1) is 11.0. The lowest BCUT2D eigenvalue weighted by Crippen LogP contribution is -2.48. The Balaban J connectivity index is 1.89.